The lowest BCUT2D eigenvalue weighted by molar-refractivity contribution is 0.214. The molecular weight excluding hydrogens is 192 g/mol. The van der Waals surface area contributed by atoms with Crippen LogP contribution in [0.5, 0.6) is 0 Å². The summed E-state index contributed by atoms with van der Waals surface area (Å²) in [5, 5.41) is 14.0. The zero-order chi connectivity index (χ0) is 10.7. The van der Waals surface area contributed by atoms with Crippen LogP contribution in [0.1, 0.15) is 24.3 Å². The number of aliphatic hydroxyl groups is 1. The van der Waals surface area contributed by atoms with Crippen molar-refractivity contribution in [3.05, 3.63) is 42.2 Å². The highest BCUT2D eigenvalue weighted by Crippen LogP contribution is 2.17. The first-order valence-electron chi connectivity index (χ1n) is 4.77. The standard InChI is InChI=1S/C10H12N4O/c1-2-14-7-8(5-13-14)10(15)9-6-11-3-4-12-9/h3-7,10,15H,2H2,1H3. The van der Waals surface area contributed by atoms with E-state index in [0.29, 0.717) is 5.69 Å². The Morgan fingerprint density at radius 3 is 2.87 bits per heavy atom. The van der Waals surface area contributed by atoms with Crippen LogP contribution < -0.4 is 0 Å². The molecule has 1 unspecified atom stereocenters. The molecule has 2 heterocycles. The smallest absolute Gasteiger partial charge is 0.126 e. The van der Waals surface area contributed by atoms with Crippen molar-refractivity contribution in [1.82, 2.24) is 19.7 Å². The second-order valence-electron chi connectivity index (χ2n) is 3.16. The van der Waals surface area contributed by atoms with E-state index < -0.39 is 6.10 Å². The fraction of sp³-hybridized carbons (Fsp3) is 0.300. The average molecular weight is 204 g/mol. The highest BCUT2D eigenvalue weighted by Gasteiger charge is 2.13. The number of hydrogen-bond donors (Lipinski definition) is 1. The van der Waals surface area contributed by atoms with Gasteiger partial charge in [-0.25, -0.2) is 0 Å². The van der Waals surface area contributed by atoms with Crippen molar-refractivity contribution in [2.24, 2.45) is 0 Å². The molecule has 0 aliphatic heterocycles. The van der Waals surface area contributed by atoms with Crippen molar-refractivity contribution in [1.29, 1.82) is 0 Å². The molecule has 0 saturated carbocycles. The number of aromatic nitrogens is 4. The fourth-order valence-electron chi connectivity index (χ4n) is 1.32. The molecule has 0 fully saturated rings. The molecule has 5 heteroatoms. The van der Waals surface area contributed by atoms with Crippen LogP contribution in [0.25, 0.3) is 0 Å². The van der Waals surface area contributed by atoms with Gasteiger partial charge in [0, 0.05) is 30.7 Å². The summed E-state index contributed by atoms with van der Waals surface area (Å²) in [6.07, 6.45) is 7.38. The largest absolute Gasteiger partial charge is 0.382 e. The number of aliphatic hydroxyl groups excluding tert-OH is 1. The Morgan fingerprint density at radius 2 is 2.27 bits per heavy atom. The normalized spacial score (nSPS) is 12.7. The Balaban J connectivity index is 2.24. The van der Waals surface area contributed by atoms with E-state index >= 15 is 0 Å². The number of nitrogens with zero attached hydrogens (tertiary/aromatic N) is 4. The molecule has 78 valence electrons. The minimum atomic E-state index is -0.751. The third kappa shape index (κ3) is 2.02. The minimum absolute atomic E-state index is 0.535. The molecule has 1 N–H and O–H groups in total. The van der Waals surface area contributed by atoms with Crippen LogP contribution >= 0.6 is 0 Å². The molecule has 2 rings (SSSR count). The predicted octanol–water partition coefficient (Wildman–Crippen LogP) is 0.775. The van der Waals surface area contributed by atoms with Gasteiger partial charge < -0.3 is 5.11 Å². The van der Waals surface area contributed by atoms with Crippen molar-refractivity contribution in [3.63, 3.8) is 0 Å². The van der Waals surface area contributed by atoms with Crippen LogP contribution in [0.15, 0.2) is 31.0 Å². The maximum Gasteiger partial charge on any atom is 0.126 e. The van der Waals surface area contributed by atoms with Crippen molar-refractivity contribution in [2.45, 2.75) is 19.6 Å². The van der Waals surface area contributed by atoms with Crippen LogP contribution in [-0.4, -0.2) is 24.9 Å². The molecule has 0 aliphatic carbocycles. The highest BCUT2D eigenvalue weighted by molar-refractivity contribution is 5.18. The first-order chi connectivity index (χ1) is 7.31. The molecule has 0 aliphatic rings. The zero-order valence-corrected chi connectivity index (χ0v) is 8.41. The number of rotatable bonds is 3. The summed E-state index contributed by atoms with van der Waals surface area (Å²) in [5.41, 5.74) is 1.27. The van der Waals surface area contributed by atoms with Gasteiger partial charge in [-0.3, -0.25) is 14.6 Å². The van der Waals surface area contributed by atoms with Crippen molar-refractivity contribution < 1.29 is 5.11 Å². The van der Waals surface area contributed by atoms with Gasteiger partial charge in [-0.15, -0.1) is 0 Å². The van der Waals surface area contributed by atoms with Crippen LogP contribution in [0, 0.1) is 0 Å². The van der Waals surface area contributed by atoms with Gasteiger partial charge in [-0.2, -0.15) is 5.10 Å². The zero-order valence-electron chi connectivity index (χ0n) is 8.41. The van der Waals surface area contributed by atoms with Gasteiger partial charge in [0.1, 0.15) is 6.10 Å². The van der Waals surface area contributed by atoms with Gasteiger partial charge in [-0.1, -0.05) is 0 Å². The molecule has 15 heavy (non-hydrogen) atoms. The van der Waals surface area contributed by atoms with Crippen LogP contribution in [-0.2, 0) is 6.54 Å². The lowest BCUT2D eigenvalue weighted by atomic mass is 10.1. The van der Waals surface area contributed by atoms with E-state index in [2.05, 4.69) is 15.1 Å². The third-order valence-corrected chi connectivity index (χ3v) is 2.16. The van der Waals surface area contributed by atoms with Crippen molar-refractivity contribution in [2.75, 3.05) is 0 Å². The first kappa shape index (κ1) is 9.79. The van der Waals surface area contributed by atoms with E-state index in [4.69, 9.17) is 0 Å². The summed E-state index contributed by atoms with van der Waals surface area (Å²) >= 11 is 0. The molecular formula is C10H12N4O. The molecule has 0 radical (unpaired) electrons. The monoisotopic (exact) mass is 204 g/mol. The second kappa shape index (κ2) is 4.18. The molecule has 5 nitrogen and oxygen atoms in total. The Morgan fingerprint density at radius 1 is 1.40 bits per heavy atom. The molecule has 2 aromatic rings. The van der Waals surface area contributed by atoms with E-state index in [0.717, 1.165) is 12.1 Å². The Kier molecular flexibility index (Phi) is 2.73. The number of aryl methyl sites for hydroxylation is 1. The van der Waals surface area contributed by atoms with E-state index in [-0.39, 0.29) is 0 Å². The van der Waals surface area contributed by atoms with Gasteiger partial charge >= 0.3 is 0 Å². The molecule has 0 bridgehead atoms. The summed E-state index contributed by atoms with van der Waals surface area (Å²) in [6, 6.07) is 0. The summed E-state index contributed by atoms with van der Waals surface area (Å²) < 4.78 is 1.76. The molecule has 0 aromatic carbocycles. The Labute approximate surface area is 87.4 Å². The SMILES string of the molecule is CCn1cc(C(O)c2cnccn2)cn1. The Bertz CT molecular complexity index is 426. The lowest BCUT2D eigenvalue weighted by Gasteiger charge is -2.05. The second-order valence-corrected chi connectivity index (χ2v) is 3.16. The fourth-order valence-corrected chi connectivity index (χ4v) is 1.32. The lowest BCUT2D eigenvalue weighted by Crippen LogP contribution is -2.01. The first-order valence-corrected chi connectivity index (χ1v) is 4.77. The molecule has 2 aromatic heterocycles. The molecule has 0 amide bonds. The van der Waals surface area contributed by atoms with Gasteiger partial charge in [-0.05, 0) is 6.92 Å². The maximum atomic E-state index is 9.94. The quantitative estimate of drug-likeness (QED) is 0.802. The van der Waals surface area contributed by atoms with Crippen LogP contribution in [0.4, 0.5) is 0 Å². The summed E-state index contributed by atoms with van der Waals surface area (Å²) in [5.74, 6) is 0. The summed E-state index contributed by atoms with van der Waals surface area (Å²) in [7, 11) is 0. The molecule has 1 atom stereocenters. The van der Waals surface area contributed by atoms with Crippen molar-refractivity contribution in [3.8, 4) is 0 Å². The average Bonchev–Trinajstić information content (AvgIpc) is 2.78. The molecule has 0 spiro atoms. The molecule has 0 saturated heterocycles. The Hall–Kier alpha value is -1.75. The van der Waals surface area contributed by atoms with E-state index in [9.17, 15) is 5.11 Å². The summed E-state index contributed by atoms with van der Waals surface area (Å²) in [6.45, 7) is 2.78. The van der Waals surface area contributed by atoms with Gasteiger partial charge in [0.15, 0.2) is 0 Å². The third-order valence-electron chi connectivity index (χ3n) is 2.16. The van der Waals surface area contributed by atoms with Gasteiger partial charge in [0.25, 0.3) is 0 Å². The van der Waals surface area contributed by atoms with Crippen LogP contribution in [0.2, 0.25) is 0 Å². The predicted molar refractivity (Wildman–Crippen MR) is 54.0 cm³/mol. The van der Waals surface area contributed by atoms with Crippen molar-refractivity contribution >= 4 is 0 Å². The van der Waals surface area contributed by atoms with E-state index in [1.165, 1.54) is 0 Å². The maximum absolute atomic E-state index is 9.94. The van der Waals surface area contributed by atoms with Crippen LogP contribution in [0.3, 0.4) is 0 Å². The van der Waals surface area contributed by atoms with E-state index in [1.807, 2.05) is 6.92 Å². The van der Waals surface area contributed by atoms with Gasteiger partial charge in [0.2, 0.25) is 0 Å². The minimum Gasteiger partial charge on any atom is -0.382 e. The topological polar surface area (TPSA) is 63.8 Å². The van der Waals surface area contributed by atoms with Gasteiger partial charge in [0.05, 0.1) is 18.1 Å². The number of hydrogen-bond acceptors (Lipinski definition) is 4. The highest BCUT2D eigenvalue weighted by atomic mass is 16.3. The summed E-state index contributed by atoms with van der Waals surface area (Å²) in [4.78, 5) is 7.95. The van der Waals surface area contributed by atoms with E-state index in [1.54, 1.807) is 35.7 Å².